The summed E-state index contributed by atoms with van der Waals surface area (Å²) in [4.78, 5) is 12.0. The Hall–Kier alpha value is -1.11. The molecule has 5 heteroatoms. The lowest BCUT2D eigenvalue weighted by molar-refractivity contribution is -0.115. The second-order valence-corrected chi connectivity index (χ2v) is 6.22. The minimum atomic E-state index is -0.0713. The Bertz CT molecular complexity index is 633. The van der Waals surface area contributed by atoms with Crippen LogP contribution in [0.5, 0.6) is 0 Å². The molecule has 0 heterocycles. The molecule has 0 spiro atoms. The fourth-order valence-electron chi connectivity index (χ4n) is 1.94. The van der Waals surface area contributed by atoms with Crippen LogP contribution in [-0.4, -0.2) is 12.5 Å². The van der Waals surface area contributed by atoms with E-state index >= 15 is 0 Å². The van der Waals surface area contributed by atoms with Gasteiger partial charge in [0, 0.05) is 14.6 Å². The summed E-state index contributed by atoms with van der Waals surface area (Å²) in [7, 11) is 0. The van der Waals surface area contributed by atoms with E-state index in [-0.39, 0.29) is 18.5 Å². The second kappa shape index (κ2) is 7.77. The van der Waals surface area contributed by atoms with Gasteiger partial charge >= 0.3 is 0 Å². The largest absolute Gasteiger partial charge is 0.324 e. The molecule has 2 aromatic carbocycles. The van der Waals surface area contributed by atoms with Gasteiger partial charge in [-0.25, -0.2) is 0 Å². The van der Waals surface area contributed by atoms with E-state index in [9.17, 15) is 4.79 Å². The van der Waals surface area contributed by atoms with Crippen LogP contribution in [0.3, 0.4) is 0 Å². The van der Waals surface area contributed by atoms with Crippen LogP contribution in [0.2, 0.25) is 5.02 Å². The summed E-state index contributed by atoms with van der Waals surface area (Å²) in [6, 6.07) is 15.3. The van der Waals surface area contributed by atoms with Gasteiger partial charge in [-0.3, -0.25) is 4.79 Å². The lowest BCUT2D eigenvalue weighted by atomic mass is 10.1. The number of anilines is 1. The van der Waals surface area contributed by atoms with Crippen LogP contribution in [0.25, 0.3) is 0 Å². The first kappa shape index (κ1) is 16.3. The molecule has 1 atom stereocenters. The molecule has 0 fully saturated rings. The quantitative estimate of drug-likeness (QED) is 0.719. The van der Waals surface area contributed by atoms with Crippen molar-refractivity contribution in [3.8, 4) is 0 Å². The van der Waals surface area contributed by atoms with E-state index in [1.165, 1.54) is 0 Å². The Morgan fingerprint density at radius 3 is 2.57 bits per heavy atom. The number of halogens is 2. The first-order valence-corrected chi connectivity index (χ1v) is 8.06. The van der Waals surface area contributed by atoms with Gasteiger partial charge in [-0.1, -0.05) is 41.9 Å². The molecule has 0 aromatic heterocycles. The molecule has 110 valence electrons. The van der Waals surface area contributed by atoms with Gasteiger partial charge in [-0.15, -0.1) is 0 Å². The molecule has 0 bridgehead atoms. The highest BCUT2D eigenvalue weighted by molar-refractivity contribution is 14.1. The second-order valence-electron chi connectivity index (χ2n) is 4.65. The summed E-state index contributed by atoms with van der Waals surface area (Å²) in [5.41, 5.74) is 1.82. The average Bonchev–Trinajstić information content (AvgIpc) is 2.48. The van der Waals surface area contributed by atoms with Crippen molar-refractivity contribution in [1.82, 2.24) is 5.32 Å². The molecule has 2 rings (SSSR count). The fraction of sp³-hybridized carbons (Fsp3) is 0.188. The summed E-state index contributed by atoms with van der Waals surface area (Å²) < 4.78 is 1.02. The molecule has 0 saturated heterocycles. The van der Waals surface area contributed by atoms with Gasteiger partial charge in [0.2, 0.25) is 5.91 Å². The Balaban J connectivity index is 1.90. The summed E-state index contributed by atoms with van der Waals surface area (Å²) in [5.74, 6) is -0.0713. The number of hydrogen-bond donors (Lipinski definition) is 2. The molecule has 2 N–H and O–H groups in total. The number of amides is 1. The van der Waals surface area contributed by atoms with E-state index in [1.807, 2.05) is 55.5 Å². The zero-order chi connectivity index (χ0) is 15.2. The van der Waals surface area contributed by atoms with Crippen LogP contribution in [-0.2, 0) is 4.79 Å². The molecule has 1 amide bonds. The molecule has 0 aliphatic carbocycles. The van der Waals surface area contributed by atoms with Crippen molar-refractivity contribution >= 4 is 45.8 Å². The first-order chi connectivity index (χ1) is 10.1. The number of hydrogen-bond acceptors (Lipinski definition) is 2. The summed E-state index contributed by atoms with van der Waals surface area (Å²) in [6.45, 7) is 2.22. The van der Waals surface area contributed by atoms with Crippen molar-refractivity contribution in [2.45, 2.75) is 13.0 Å². The van der Waals surface area contributed by atoms with E-state index in [0.29, 0.717) is 5.02 Å². The maximum Gasteiger partial charge on any atom is 0.238 e. The third-order valence-electron chi connectivity index (χ3n) is 3.09. The Labute approximate surface area is 143 Å². The molecule has 0 saturated carbocycles. The number of carbonyl (C=O) groups is 1. The molecular weight excluding hydrogens is 399 g/mol. The van der Waals surface area contributed by atoms with Gasteiger partial charge in [-0.05, 0) is 53.3 Å². The molecule has 0 aliphatic heterocycles. The van der Waals surface area contributed by atoms with Crippen molar-refractivity contribution in [3.05, 3.63) is 62.7 Å². The smallest absolute Gasteiger partial charge is 0.238 e. The Kier molecular flexibility index (Phi) is 6.02. The van der Waals surface area contributed by atoms with Gasteiger partial charge in [0.05, 0.1) is 12.2 Å². The topological polar surface area (TPSA) is 41.1 Å². The van der Waals surface area contributed by atoms with Crippen molar-refractivity contribution < 1.29 is 4.79 Å². The standard InChI is InChI=1S/C16H16ClIN2O/c1-11(12-6-2-3-7-13(12)17)19-10-16(21)20-15-9-5-4-8-14(15)18/h2-9,11,19H,10H2,1H3,(H,20,21). The molecule has 2 aromatic rings. The van der Waals surface area contributed by atoms with Crippen molar-refractivity contribution in [3.63, 3.8) is 0 Å². The maximum absolute atomic E-state index is 12.0. The summed E-state index contributed by atoms with van der Waals surface area (Å²) >= 11 is 8.34. The summed E-state index contributed by atoms with van der Waals surface area (Å²) in [5, 5.41) is 6.77. The number of rotatable bonds is 5. The van der Waals surface area contributed by atoms with Crippen molar-refractivity contribution in [2.24, 2.45) is 0 Å². The molecular formula is C16H16ClIN2O. The van der Waals surface area contributed by atoms with Gasteiger partial charge in [-0.2, -0.15) is 0 Å². The lowest BCUT2D eigenvalue weighted by Gasteiger charge is -2.15. The van der Waals surface area contributed by atoms with Crippen molar-refractivity contribution in [2.75, 3.05) is 11.9 Å². The number of carbonyl (C=O) groups excluding carboxylic acids is 1. The van der Waals surface area contributed by atoms with Gasteiger partial charge < -0.3 is 10.6 Å². The maximum atomic E-state index is 12.0. The zero-order valence-corrected chi connectivity index (χ0v) is 14.5. The zero-order valence-electron chi connectivity index (χ0n) is 11.6. The predicted octanol–water partition coefficient (Wildman–Crippen LogP) is 4.23. The van der Waals surface area contributed by atoms with Crippen LogP contribution in [0.1, 0.15) is 18.5 Å². The highest BCUT2D eigenvalue weighted by atomic mass is 127. The molecule has 0 aliphatic rings. The number of benzene rings is 2. The van der Waals surface area contributed by atoms with Gasteiger partial charge in [0.1, 0.15) is 0 Å². The molecule has 21 heavy (non-hydrogen) atoms. The number of nitrogens with one attached hydrogen (secondary N) is 2. The van der Waals surface area contributed by atoms with Crippen LogP contribution < -0.4 is 10.6 Å². The van der Waals surface area contributed by atoms with E-state index < -0.39 is 0 Å². The van der Waals surface area contributed by atoms with Gasteiger partial charge in [0.25, 0.3) is 0 Å². The van der Waals surface area contributed by atoms with Crippen LogP contribution in [0.4, 0.5) is 5.69 Å². The minimum absolute atomic E-state index is 0.0132. The minimum Gasteiger partial charge on any atom is -0.324 e. The van der Waals surface area contributed by atoms with E-state index in [1.54, 1.807) is 0 Å². The fourth-order valence-corrected chi connectivity index (χ4v) is 2.76. The Morgan fingerprint density at radius 1 is 1.19 bits per heavy atom. The predicted molar refractivity (Wildman–Crippen MR) is 95.7 cm³/mol. The van der Waals surface area contributed by atoms with Crippen molar-refractivity contribution in [1.29, 1.82) is 0 Å². The normalized spacial score (nSPS) is 12.0. The molecule has 0 radical (unpaired) electrons. The number of para-hydroxylation sites is 1. The van der Waals surface area contributed by atoms with Crippen LogP contribution in [0, 0.1) is 3.57 Å². The molecule has 1 unspecified atom stereocenters. The third-order valence-corrected chi connectivity index (χ3v) is 4.37. The van der Waals surface area contributed by atoms with Gasteiger partial charge in [0.15, 0.2) is 0 Å². The van der Waals surface area contributed by atoms with Crippen LogP contribution in [0.15, 0.2) is 48.5 Å². The highest BCUT2D eigenvalue weighted by Gasteiger charge is 2.11. The lowest BCUT2D eigenvalue weighted by Crippen LogP contribution is -2.30. The molecule has 3 nitrogen and oxygen atoms in total. The van der Waals surface area contributed by atoms with E-state index in [4.69, 9.17) is 11.6 Å². The monoisotopic (exact) mass is 414 g/mol. The van der Waals surface area contributed by atoms with E-state index in [0.717, 1.165) is 14.8 Å². The average molecular weight is 415 g/mol. The van der Waals surface area contributed by atoms with E-state index in [2.05, 4.69) is 33.2 Å². The Morgan fingerprint density at radius 2 is 1.86 bits per heavy atom. The van der Waals surface area contributed by atoms with Crippen LogP contribution >= 0.6 is 34.2 Å². The third kappa shape index (κ3) is 4.69. The summed E-state index contributed by atoms with van der Waals surface area (Å²) in [6.07, 6.45) is 0. The SMILES string of the molecule is CC(NCC(=O)Nc1ccccc1I)c1ccccc1Cl. The highest BCUT2D eigenvalue weighted by Crippen LogP contribution is 2.22. The first-order valence-electron chi connectivity index (χ1n) is 6.60.